The number of benzene rings is 3. The van der Waals surface area contributed by atoms with Gasteiger partial charge in [-0.2, -0.15) is 0 Å². The first-order valence-corrected chi connectivity index (χ1v) is 11.7. The molecule has 0 spiro atoms. The van der Waals surface area contributed by atoms with Crippen LogP contribution < -0.4 is 19.3 Å². The summed E-state index contributed by atoms with van der Waals surface area (Å²) < 4.78 is 40.3. The van der Waals surface area contributed by atoms with Gasteiger partial charge in [0.2, 0.25) is 10.0 Å². The maximum atomic E-state index is 11.4. The minimum atomic E-state index is -3.75. The van der Waals surface area contributed by atoms with Gasteiger partial charge in [-0.1, -0.05) is 37.6 Å². The second kappa shape index (κ2) is 10.8. The van der Waals surface area contributed by atoms with Gasteiger partial charge in [-0.25, -0.2) is 13.6 Å². The van der Waals surface area contributed by atoms with Crippen molar-refractivity contribution in [2.75, 3.05) is 13.2 Å². The number of sulfonamides is 1. The average Bonchev–Trinajstić information content (AvgIpc) is 2.75. The molecule has 0 amide bonds. The highest BCUT2D eigenvalue weighted by Crippen LogP contribution is 2.29. The first-order valence-electron chi connectivity index (χ1n) is 10.2. The molecule has 0 saturated carbocycles. The molecule has 0 heterocycles. The number of nitrogens with two attached hydrogens (primary N) is 1. The summed E-state index contributed by atoms with van der Waals surface area (Å²) in [6.45, 7) is 2.99. The van der Waals surface area contributed by atoms with E-state index >= 15 is 0 Å². The van der Waals surface area contributed by atoms with Gasteiger partial charge in [0.25, 0.3) is 0 Å². The van der Waals surface area contributed by atoms with E-state index in [-0.39, 0.29) is 4.90 Å². The van der Waals surface area contributed by atoms with Crippen LogP contribution in [0.25, 0.3) is 0 Å². The third-order valence-electron chi connectivity index (χ3n) is 4.48. The van der Waals surface area contributed by atoms with Gasteiger partial charge in [-0.3, -0.25) is 0 Å². The van der Waals surface area contributed by atoms with Crippen molar-refractivity contribution in [2.24, 2.45) is 5.14 Å². The minimum absolute atomic E-state index is 0.0308. The summed E-state index contributed by atoms with van der Waals surface area (Å²) in [5, 5.41) is 5.15. The van der Waals surface area contributed by atoms with Crippen LogP contribution in [0.2, 0.25) is 0 Å². The summed E-state index contributed by atoms with van der Waals surface area (Å²) in [5.74, 6) is 2.86. The molecule has 3 aromatic carbocycles. The highest BCUT2D eigenvalue weighted by Gasteiger charge is 2.09. The Morgan fingerprint density at radius 2 is 1.55 bits per heavy atom. The smallest absolute Gasteiger partial charge is 0.238 e. The molecule has 0 unspecified atom stereocenters. The van der Waals surface area contributed by atoms with Crippen molar-refractivity contribution in [3.05, 3.63) is 78.4 Å². The maximum Gasteiger partial charge on any atom is 0.238 e. The molecule has 0 saturated heterocycles. The molecule has 0 radical (unpaired) electrons. The van der Waals surface area contributed by atoms with Crippen LogP contribution in [-0.2, 0) is 16.4 Å². The summed E-state index contributed by atoms with van der Waals surface area (Å²) in [6.07, 6.45) is 2.53. The van der Waals surface area contributed by atoms with Gasteiger partial charge in [0, 0.05) is 12.5 Å². The zero-order valence-electron chi connectivity index (χ0n) is 17.5. The van der Waals surface area contributed by atoms with E-state index in [1.807, 2.05) is 48.5 Å². The first kappa shape index (κ1) is 22.7. The van der Waals surface area contributed by atoms with Crippen molar-refractivity contribution >= 4 is 10.0 Å². The van der Waals surface area contributed by atoms with Gasteiger partial charge in [0.05, 0.1) is 18.1 Å². The molecular formula is C24H27NO5S. The lowest BCUT2D eigenvalue weighted by Crippen LogP contribution is -2.12. The van der Waals surface area contributed by atoms with E-state index in [2.05, 4.69) is 6.92 Å². The van der Waals surface area contributed by atoms with Gasteiger partial charge >= 0.3 is 0 Å². The Bertz CT molecular complexity index is 1080. The largest absolute Gasteiger partial charge is 0.493 e. The van der Waals surface area contributed by atoms with E-state index in [1.54, 1.807) is 12.1 Å². The fourth-order valence-electron chi connectivity index (χ4n) is 3.02. The third-order valence-corrected chi connectivity index (χ3v) is 5.39. The summed E-state index contributed by atoms with van der Waals surface area (Å²) in [4.78, 5) is 0.0308. The molecule has 0 fully saturated rings. The molecule has 3 aromatic rings. The molecule has 7 heteroatoms. The van der Waals surface area contributed by atoms with Crippen molar-refractivity contribution in [1.82, 2.24) is 0 Å². The van der Waals surface area contributed by atoms with Crippen LogP contribution in [0.3, 0.4) is 0 Å². The molecule has 0 aliphatic carbocycles. The van der Waals surface area contributed by atoms with E-state index in [0.29, 0.717) is 25.4 Å². The van der Waals surface area contributed by atoms with Gasteiger partial charge in [0.15, 0.2) is 0 Å². The number of hydrogen-bond acceptors (Lipinski definition) is 5. The van der Waals surface area contributed by atoms with Gasteiger partial charge in [-0.05, 0) is 54.4 Å². The average molecular weight is 442 g/mol. The number of primary sulfonamides is 1. The van der Waals surface area contributed by atoms with Crippen molar-refractivity contribution < 1.29 is 22.6 Å². The van der Waals surface area contributed by atoms with Gasteiger partial charge in [-0.15, -0.1) is 0 Å². The molecule has 0 atom stereocenters. The Balaban J connectivity index is 1.53. The predicted octanol–water partition coefficient (Wildman–Crippen LogP) is 4.93. The van der Waals surface area contributed by atoms with E-state index < -0.39 is 10.0 Å². The molecule has 6 nitrogen and oxygen atoms in total. The molecule has 0 bridgehead atoms. The monoisotopic (exact) mass is 441 g/mol. The van der Waals surface area contributed by atoms with E-state index in [1.165, 1.54) is 12.1 Å². The summed E-state index contributed by atoms with van der Waals surface area (Å²) in [5.41, 5.74) is 1.10. The van der Waals surface area contributed by atoms with E-state index in [9.17, 15) is 8.42 Å². The molecule has 0 aromatic heterocycles. The van der Waals surface area contributed by atoms with Crippen LogP contribution in [0.5, 0.6) is 23.0 Å². The highest BCUT2D eigenvalue weighted by atomic mass is 32.2. The molecule has 3 rings (SSSR count). The van der Waals surface area contributed by atoms with Gasteiger partial charge in [0.1, 0.15) is 23.0 Å². The van der Waals surface area contributed by atoms with Crippen LogP contribution in [0.4, 0.5) is 0 Å². The van der Waals surface area contributed by atoms with Crippen molar-refractivity contribution in [3.63, 3.8) is 0 Å². The highest BCUT2D eigenvalue weighted by molar-refractivity contribution is 7.89. The van der Waals surface area contributed by atoms with Crippen LogP contribution in [0, 0.1) is 0 Å². The second-order valence-corrected chi connectivity index (χ2v) is 8.57. The maximum absolute atomic E-state index is 11.4. The quantitative estimate of drug-likeness (QED) is 0.427. The SMILES string of the molecule is CCCc1cc(Oc2ccccc2)ccc1OCCCOc1cccc(S(N)(=O)=O)c1. The molecule has 2 N–H and O–H groups in total. The normalized spacial score (nSPS) is 11.2. The molecular weight excluding hydrogens is 414 g/mol. The van der Waals surface area contributed by atoms with E-state index in [0.717, 1.165) is 35.7 Å². The third kappa shape index (κ3) is 7.01. The number of aryl methyl sites for hydroxylation is 1. The van der Waals surface area contributed by atoms with Crippen LogP contribution in [-0.4, -0.2) is 21.6 Å². The molecule has 0 aliphatic heterocycles. The zero-order valence-corrected chi connectivity index (χ0v) is 18.3. The lowest BCUT2D eigenvalue weighted by Gasteiger charge is -2.14. The summed E-state index contributed by atoms with van der Waals surface area (Å²) in [6, 6.07) is 21.7. The predicted molar refractivity (Wildman–Crippen MR) is 120 cm³/mol. The fourth-order valence-corrected chi connectivity index (χ4v) is 3.57. The summed E-state index contributed by atoms with van der Waals surface area (Å²) >= 11 is 0. The topological polar surface area (TPSA) is 87.8 Å². The Labute approximate surface area is 183 Å². The summed E-state index contributed by atoms with van der Waals surface area (Å²) in [7, 11) is -3.75. The van der Waals surface area contributed by atoms with Crippen molar-refractivity contribution in [1.29, 1.82) is 0 Å². The van der Waals surface area contributed by atoms with Gasteiger partial charge < -0.3 is 14.2 Å². The second-order valence-electron chi connectivity index (χ2n) is 7.00. The first-order chi connectivity index (χ1) is 15.0. The van der Waals surface area contributed by atoms with Crippen LogP contribution >= 0.6 is 0 Å². The Morgan fingerprint density at radius 1 is 0.806 bits per heavy atom. The number of rotatable bonds is 11. The lowest BCUT2D eigenvalue weighted by atomic mass is 10.1. The number of para-hydroxylation sites is 1. The number of hydrogen-bond donors (Lipinski definition) is 1. The number of ether oxygens (including phenoxy) is 3. The zero-order chi connectivity index (χ0) is 22.1. The lowest BCUT2D eigenvalue weighted by molar-refractivity contribution is 0.245. The fraction of sp³-hybridized carbons (Fsp3) is 0.250. The molecule has 164 valence electrons. The van der Waals surface area contributed by atoms with E-state index in [4.69, 9.17) is 19.3 Å². The Morgan fingerprint density at radius 3 is 2.29 bits per heavy atom. The Hall–Kier alpha value is -3.03. The van der Waals surface area contributed by atoms with Crippen LogP contribution in [0.15, 0.2) is 77.7 Å². The molecule has 31 heavy (non-hydrogen) atoms. The minimum Gasteiger partial charge on any atom is -0.493 e. The molecule has 0 aliphatic rings. The standard InChI is InChI=1S/C24H27NO5S/c1-2-8-19-17-22(30-20-9-4-3-5-10-20)13-14-24(19)29-16-7-15-28-21-11-6-12-23(18-21)31(25,26)27/h3-6,9-14,17-18H,2,7-8,15-16H2,1H3,(H2,25,26,27). The van der Waals surface area contributed by atoms with Crippen molar-refractivity contribution in [3.8, 4) is 23.0 Å². The van der Waals surface area contributed by atoms with Crippen molar-refractivity contribution in [2.45, 2.75) is 31.1 Å². The van der Waals surface area contributed by atoms with Crippen LogP contribution in [0.1, 0.15) is 25.3 Å². The Kier molecular flexibility index (Phi) is 7.92.